The first kappa shape index (κ1) is 12.1. The Balaban J connectivity index is 1.86. The molecule has 1 aromatic heterocycles. The molecule has 0 aromatic carbocycles. The normalized spacial score (nSPS) is 33.6. The zero-order chi connectivity index (χ0) is 12.7. The first-order valence-corrected chi connectivity index (χ1v) is 7.40. The monoisotopic (exact) mass is 265 g/mol. The Morgan fingerprint density at radius 2 is 2.33 bits per heavy atom. The molecule has 0 bridgehead atoms. The minimum Gasteiger partial charge on any atom is -0.317 e. The van der Waals surface area contributed by atoms with E-state index in [1.54, 1.807) is 11.3 Å². The molecule has 2 saturated heterocycles. The van der Waals surface area contributed by atoms with Gasteiger partial charge in [-0.05, 0) is 49.3 Å². The van der Waals surface area contributed by atoms with Crippen molar-refractivity contribution in [1.82, 2.24) is 15.1 Å². The molecule has 5 heteroatoms. The van der Waals surface area contributed by atoms with Crippen molar-refractivity contribution in [2.75, 3.05) is 20.1 Å². The van der Waals surface area contributed by atoms with Crippen molar-refractivity contribution in [2.24, 2.45) is 0 Å². The molecule has 0 aliphatic carbocycles. The third-order valence-electron chi connectivity index (χ3n) is 3.93. The first-order valence-electron chi connectivity index (χ1n) is 6.45. The van der Waals surface area contributed by atoms with E-state index in [1.807, 2.05) is 6.92 Å². The Bertz CT molecular complexity index is 433. The third-order valence-corrected chi connectivity index (χ3v) is 4.63. The molecule has 3 rings (SSSR count). The molecule has 3 heterocycles. The summed E-state index contributed by atoms with van der Waals surface area (Å²) in [4.78, 5) is 16.7. The van der Waals surface area contributed by atoms with E-state index in [2.05, 4.69) is 39.0 Å². The summed E-state index contributed by atoms with van der Waals surface area (Å²) in [5.41, 5.74) is 1.22. The molecular formula is C13H19N3OS. The fourth-order valence-corrected chi connectivity index (χ4v) is 3.64. The molecule has 3 unspecified atom stereocenters. The van der Waals surface area contributed by atoms with E-state index in [9.17, 15) is 4.79 Å². The van der Waals surface area contributed by atoms with Gasteiger partial charge in [-0.3, -0.25) is 10.1 Å². The van der Waals surface area contributed by atoms with Crippen LogP contribution in [0, 0.1) is 0 Å². The second-order valence-corrected chi connectivity index (χ2v) is 6.08. The highest BCUT2D eigenvalue weighted by Crippen LogP contribution is 2.31. The lowest BCUT2D eigenvalue weighted by Crippen LogP contribution is -2.41. The van der Waals surface area contributed by atoms with Gasteiger partial charge in [0.25, 0.3) is 0 Å². The topological polar surface area (TPSA) is 35.6 Å². The van der Waals surface area contributed by atoms with Crippen molar-refractivity contribution < 1.29 is 4.79 Å². The average molecular weight is 265 g/mol. The summed E-state index contributed by atoms with van der Waals surface area (Å²) in [6, 6.07) is 2.39. The van der Waals surface area contributed by atoms with Crippen molar-refractivity contribution in [3.05, 3.63) is 22.4 Å². The highest BCUT2D eigenvalue weighted by Gasteiger charge is 2.42. The van der Waals surface area contributed by atoms with Gasteiger partial charge in [-0.15, -0.1) is 0 Å². The molecule has 1 N–H and O–H groups in total. The maximum absolute atomic E-state index is 12.4. The maximum Gasteiger partial charge on any atom is 0.241 e. The number of carbonyl (C=O) groups is 1. The summed E-state index contributed by atoms with van der Waals surface area (Å²) in [6.45, 7) is 4.03. The summed E-state index contributed by atoms with van der Waals surface area (Å²) in [7, 11) is 2.12. The zero-order valence-corrected chi connectivity index (χ0v) is 11.6. The molecule has 0 spiro atoms. The fraction of sp³-hybridized carbons (Fsp3) is 0.615. The Morgan fingerprint density at radius 1 is 1.50 bits per heavy atom. The highest BCUT2D eigenvalue weighted by atomic mass is 32.1. The molecule has 0 radical (unpaired) electrons. The van der Waals surface area contributed by atoms with Gasteiger partial charge < -0.3 is 9.80 Å². The summed E-state index contributed by atoms with van der Waals surface area (Å²) < 4.78 is 0. The minimum absolute atomic E-state index is 0.0650. The van der Waals surface area contributed by atoms with Gasteiger partial charge in [0.05, 0.1) is 6.04 Å². The van der Waals surface area contributed by atoms with E-state index in [0.717, 1.165) is 19.5 Å². The van der Waals surface area contributed by atoms with Crippen LogP contribution in [0.5, 0.6) is 0 Å². The molecule has 1 aromatic rings. The average Bonchev–Trinajstić information content (AvgIpc) is 3.02. The van der Waals surface area contributed by atoms with Crippen molar-refractivity contribution in [3.8, 4) is 0 Å². The van der Waals surface area contributed by atoms with Crippen molar-refractivity contribution in [1.29, 1.82) is 0 Å². The second-order valence-electron chi connectivity index (χ2n) is 5.30. The second kappa shape index (κ2) is 4.64. The lowest BCUT2D eigenvalue weighted by atomic mass is 10.1. The van der Waals surface area contributed by atoms with Crippen LogP contribution in [-0.2, 0) is 4.79 Å². The quantitative estimate of drug-likeness (QED) is 0.875. The van der Waals surface area contributed by atoms with Crippen LogP contribution < -0.4 is 5.32 Å². The van der Waals surface area contributed by atoms with Crippen LogP contribution in [0.15, 0.2) is 16.8 Å². The Morgan fingerprint density at radius 3 is 2.94 bits per heavy atom. The Labute approximate surface area is 112 Å². The number of hydrogen-bond acceptors (Lipinski definition) is 4. The van der Waals surface area contributed by atoms with Gasteiger partial charge in [-0.25, -0.2) is 0 Å². The smallest absolute Gasteiger partial charge is 0.241 e. The van der Waals surface area contributed by atoms with E-state index < -0.39 is 0 Å². The number of carbonyl (C=O) groups excluding carboxylic acids is 1. The standard InChI is InChI=1S/C13H19N3OS/c1-9-13(17)16(11-3-5-15(2)7-11)12(14-9)10-4-6-18-8-10/h4,6,8-9,11-12,14H,3,5,7H2,1-2H3. The SMILES string of the molecule is CC1NC(c2ccsc2)N(C2CCN(C)C2)C1=O. The van der Waals surface area contributed by atoms with Crippen LogP contribution in [0.3, 0.4) is 0 Å². The van der Waals surface area contributed by atoms with Crippen molar-refractivity contribution >= 4 is 17.2 Å². The molecule has 2 aliphatic heterocycles. The van der Waals surface area contributed by atoms with E-state index in [4.69, 9.17) is 0 Å². The van der Waals surface area contributed by atoms with E-state index in [0.29, 0.717) is 6.04 Å². The summed E-state index contributed by atoms with van der Waals surface area (Å²) in [5.74, 6) is 0.242. The van der Waals surface area contributed by atoms with Crippen molar-refractivity contribution in [2.45, 2.75) is 31.6 Å². The minimum atomic E-state index is -0.0687. The molecule has 98 valence electrons. The number of hydrogen-bond donors (Lipinski definition) is 1. The molecule has 0 saturated carbocycles. The Kier molecular flexibility index (Phi) is 3.13. The van der Waals surface area contributed by atoms with E-state index in [1.165, 1.54) is 5.56 Å². The number of amides is 1. The van der Waals surface area contributed by atoms with Crippen LogP contribution >= 0.6 is 11.3 Å². The zero-order valence-electron chi connectivity index (χ0n) is 10.8. The molecule has 2 fully saturated rings. The number of nitrogens with zero attached hydrogens (tertiary/aromatic N) is 2. The van der Waals surface area contributed by atoms with Crippen LogP contribution in [0.25, 0.3) is 0 Å². The third kappa shape index (κ3) is 1.96. The number of rotatable bonds is 2. The van der Waals surface area contributed by atoms with E-state index >= 15 is 0 Å². The predicted molar refractivity (Wildman–Crippen MR) is 72.4 cm³/mol. The predicted octanol–water partition coefficient (Wildman–Crippen LogP) is 1.27. The summed E-state index contributed by atoms with van der Waals surface area (Å²) in [6.07, 6.45) is 1.15. The van der Waals surface area contributed by atoms with Gasteiger partial charge in [0.1, 0.15) is 6.17 Å². The fourth-order valence-electron chi connectivity index (χ4n) is 2.96. The number of likely N-dealkylation sites (tertiary alicyclic amines) is 1. The van der Waals surface area contributed by atoms with Gasteiger partial charge in [0.15, 0.2) is 0 Å². The summed E-state index contributed by atoms with van der Waals surface area (Å²) >= 11 is 1.69. The highest BCUT2D eigenvalue weighted by molar-refractivity contribution is 7.07. The summed E-state index contributed by atoms with van der Waals surface area (Å²) in [5, 5.41) is 7.62. The van der Waals surface area contributed by atoms with Gasteiger partial charge >= 0.3 is 0 Å². The van der Waals surface area contributed by atoms with Crippen LogP contribution in [0.2, 0.25) is 0 Å². The lowest BCUT2D eigenvalue weighted by Gasteiger charge is -2.29. The van der Waals surface area contributed by atoms with Crippen LogP contribution in [-0.4, -0.2) is 47.9 Å². The van der Waals surface area contributed by atoms with Crippen LogP contribution in [0.1, 0.15) is 25.1 Å². The molecule has 18 heavy (non-hydrogen) atoms. The number of nitrogens with one attached hydrogen (secondary N) is 1. The van der Waals surface area contributed by atoms with Gasteiger partial charge in [-0.2, -0.15) is 11.3 Å². The molecule has 3 atom stereocenters. The van der Waals surface area contributed by atoms with E-state index in [-0.39, 0.29) is 18.1 Å². The van der Waals surface area contributed by atoms with Crippen LogP contribution in [0.4, 0.5) is 0 Å². The largest absolute Gasteiger partial charge is 0.317 e. The maximum atomic E-state index is 12.4. The molecule has 1 amide bonds. The number of likely N-dealkylation sites (N-methyl/N-ethyl adjacent to an activating group) is 1. The Hall–Kier alpha value is -0.910. The molecular weight excluding hydrogens is 246 g/mol. The molecule has 4 nitrogen and oxygen atoms in total. The van der Waals surface area contributed by atoms with Gasteiger partial charge in [0, 0.05) is 12.6 Å². The first-order chi connectivity index (χ1) is 8.66. The molecule has 2 aliphatic rings. The van der Waals surface area contributed by atoms with Gasteiger partial charge in [-0.1, -0.05) is 0 Å². The number of thiophene rings is 1. The van der Waals surface area contributed by atoms with Crippen molar-refractivity contribution in [3.63, 3.8) is 0 Å². The van der Waals surface area contributed by atoms with Gasteiger partial charge in [0.2, 0.25) is 5.91 Å². The lowest BCUT2D eigenvalue weighted by molar-refractivity contribution is -0.131.